The van der Waals surface area contributed by atoms with Crippen molar-refractivity contribution in [2.45, 2.75) is 71.4 Å². The van der Waals surface area contributed by atoms with Gasteiger partial charge in [-0.15, -0.1) is 0 Å². The first-order chi connectivity index (χ1) is 9.96. The molecule has 0 aliphatic rings. The summed E-state index contributed by atoms with van der Waals surface area (Å²) < 4.78 is 0. The van der Waals surface area contributed by atoms with Gasteiger partial charge in [-0.25, -0.2) is 0 Å². The molecule has 1 rings (SSSR count). The number of hydrogen-bond donors (Lipinski definition) is 0. The second-order valence-corrected chi connectivity index (χ2v) is 6.33. The molecule has 0 radical (unpaired) electrons. The highest BCUT2D eigenvalue weighted by molar-refractivity contribution is 5.26. The number of aromatic nitrogens is 1. The standard InChI is InChI=1S/C18H29N3/c1-6-10-18(14-19,17-9-7-8-12-20-17)11-13-21(15(2)3)16(4)5/h7-9,12,15-16H,6,10-11,13H2,1-5H3/t18-/m0/s1. The van der Waals surface area contributed by atoms with Gasteiger partial charge in [0.1, 0.15) is 5.41 Å². The summed E-state index contributed by atoms with van der Waals surface area (Å²) in [5, 5.41) is 9.84. The van der Waals surface area contributed by atoms with E-state index in [1.54, 1.807) is 6.20 Å². The minimum atomic E-state index is -0.460. The Balaban J connectivity index is 2.97. The van der Waals surface area contributed by atoms with Crippen molar-refractivity contribution in [2.24, 2.45) is 0 Å². The lowest BCUT2D eigenvalue weighted by Crippen LogP contribution is -2.41. The molecule has 0 spiro atoms. The van der Waals surface area contributed by atoms with E-state index in [2.05, 4.69) is 50.6 Å². The van der Waals surface area contributed by atoms with Crippen molar-refractivity contribution in [1.29, 1.82) is 5.26 Å². The van der Waals surface area contributed by atoms with Crippen molar-refractivity contribution in [3.63, 3.8) is 0 Å². The van der Waals surface area contributed by atoms with Crippen LogP contribution in [0.3, 0.4) is 0 Å². The van der Waals surface area contributed by atoms with Crippen molar-refractivity contribution in [1.82, 2.24) is 9.88 Å². The van der Waals surface area contributed by atoms with Gasteiger partial charge in [-0.3, -0.25) is 9.88 Å². The van der Waals surface area contributed by atoms with Crippen LogP contribution in [0.25, 0.3) is 0 Å². The third kappa shape index (κ3) is 4.54. The minimum Gasteiger partial charge on any atom is -0.298 e. The molecule has 116 valence electrons. The van der Waals surface area contributed by atoms with Crippen molar-refractivity contribution in [3.8, 4) is 6.07 Å². The average Bonchev–Trinajstić information content (AvgIpc) is 2.46. The van der Waals surface area contributed by atoms with Crippen LogP contribution >= 0.6 is 0 Å². The second kappa shape index (κ2) is 8.14. The lowest BCUT2D eigenvalue weighted by molar-refractivity contribution is 0.160. The first kappa shape index (κ1) is 17.7. The molecule has 0 saturated heterocycles. The second-order valence-electron chi connectivity index (χ2n) is 6.33. The summed E-state index contributed by atoms with van der Waals surface area (Å²) in [6, 6.07) is 9.44. The Kier molecular flexibility index (Phi) is 6.84. The van der Waals surface area contributed by atoms with E-state index in [4.69, 9.17) is 0 Å². The zero-order chi connectivity index (χ0) is 15.9. The number of rotatable bonds is 8. The van der Waals surface area contributed by atoms with E-state index in [0.717, 1.165) is 31.5 Å². The molecule has 1 atom stereocenters. The van der Waals surface area contributed by atoms with Crippen LogP contribution in [-0.4, -0.2) is 28.5 Å². The van der Waals surface area contributed by atoms with E-state index < -0.39 is 5.41 Å². The molecule has 0 saturated carbocycles. The van der Waals surface area contributed by atoms with Crippen LogP contribution in [0.5, 0.6) is 0 Å². The molecule has 0 aliphatic heterocycles. The molecule has 21 heavy (non-hydrogen) atoms. The maximum Gasteiger partial charge on any atom is 0.100 e. The maximum absolute atomic E-state index is 9.84. The highest BCUT2D eigenvalue weighted by atomic mass is 15.2. The van der Waals surface area contributed by atoms with Crippen LogP contribution in [0, 0.1) is 11.3 Å². The Morgan fingerprint density at radius 2 is 1.86 bits per heavy atom. The van der Waals surface area contributed by atoms with E-state index in [9.17, 15) is 5.26 Å². The van der Waals surface area contributed by atoms with E-state index in [1.807, 2.05) is 18.2 Å². The highest BCUT2D eigenvalue weighted by Gasteiger charge is 2.33. The molecular weight excluding hydrogens is 258 g/mol. The van der Waals surface area contributed by atoms with Crippen molar-refractivity contribution in [3.05, 3.63) is 30.1 Å². The summed E-state index contributed by atoms with van der Waals surface area (Å²) in [7, 11) is 0. The average molecular weight is 287 g/mol. The van der Waals surface area contributed by atoms with Crippen LogP contribution in [0.2, 0.25) is 0 Å². The quantitative estimate of drug-likeness (QED) is 0.721. The number of pyridine rings is 1. The summed E-state index contributed by atoms with van der Waals surface area (Å²) in [5.41, 5.74) is 0.458. The molecule has 1 heterocycles. The van der Waals surface area contributed by atoms with Crippen LogP contribution in [0.1, 0.15) is 59.6 Å². The zero-order valence-corrected chi connectivity index (χ0v) is 14.1. The Morgan fingerprint density at radius 3 is 2.29 bits per heavy atom. The minimum absolute atomic E-state index is 0.460. The van der Waals surface area contributed by atoms with E-state index in [1.165, 1.54) is 0 Å². The number of nitriles is 1. The SMILES string of the molecule is CCC[C@@](C#N)(CCN(C(C)C)C(C)C)c1ccccn1. The van der Waals surface area contributed by atoms with Crippen LogP contribution in [-0.2, 0) is 5.41 Å². The van der Waals surface area contributed by atoms with Gasteiger partial charge in [0.25, 0.3) is 0 Å². The summed E-state index contributed by atoms with van der Waals surface area (Å²) in [6.45, 7) is 11.9. The van der Waals surface area contributed by atoms with Gasteiger partial charge in [-0.1, -0.05) is 19.4 Å². The summed E-state index contributed by atoms with van der Waals surface area (Å²) in [4.78, 5) is 6.92. The lowest BCUT2D eigenvalue weighted by Gasteiger charge is -2.34. The topological polar surface area (TPSA) is 39.9 Å². The Bertz CT molecular complexity index is 439. The highest BCUT2D eigenvalue weighted by Crippen LogP contribution is 2.31. The van der Waals surface area contributed by atoms with Gasteiger partial charge in [-0.05, 0) is 52.7 Å². The third-order valence-electron chi connectivity index (χ3n) is 4.17. The molecule has 1 aromatic rings. The van der Waals surface area contributed by atoms with E-state index in [-0.39, 0.29) is 0 Å². The van der Waals surface area contributed by atoms with E-state index >= 15 is 0 Å². The van der Waals surface area contributed by atoms with Gasteiger partial charge in [0.2, 0.25) is 0 Å². The van der Waals surface area contributed by atoms with Gasteiger partial charge < -0.3 is 0 Å². The molecule has 0 aromatic carbocycles. The summed E-state index contributed by atoms with van der Waals surface area (Å²) >= 11 is 0. The van der Waals surface area contributed by atoms with Gasteiger partial charge in [0.15, 0.2) is 0 Å². The molecule has 0 amide bonds. The van der Waals surface area contributed by atoms with Gasteiger partial charge in [0.05, 0.1) is 11.8 Å². The summed E-state index contributed by atoms with van der Waals surface area (Å²) in [5.74, 6) is 0. The van der Waals surface area contributed by atoms with Crippen molar-refractivity contribution >= 4 is 0 Å². The molecule has 0 N–H and O–H groups in total. The number of hydrogen-bond acceptors (Lipinski definition) is 3. The third-order valence-corrected chi connectivity index (χ3v) is 4.17. The molecule has 0 bridgehead atoms. The molecular formula is C18H29N3. The van der Waals surface area contributed by atoms with Crippen LogP contribution in [0.15, 0.2) is 24.4 Å². The predicted molar refractivity (Wildman–Crippen MR) is 88.0 cm³/mol. The smallest absolute Gasteiger partial charge is 0.100 e. The largest absolute Gasteiger partial charge is 0.298 e. The Labute approximate surface area is 130 Å². The Hall–Kier alpha value is -1.40. The molecule has 0 unspecified atom stereocenters. The van der Waals surface area contributed by atoms with Crippen molar-refractivity contribution < 1.29 is 0 Å². The lowest BCUT2D eigenvalue weighted by atomic mass is 9.78. The molecule has 1 aromatic heterocycles. The number of nitrogens with zero attached hydrogens (tertiary/aromatic N) is 3. The van der Waals surface area contributed by atoms with Crippen LogP contribution in [0.4, 0.5) is 0 Å². The first-order valence-corrected chi connectivity index (χ1v) is 8.05. The maximum atomic E-state index is 9.84. The van der Waals surface area contributed by atoms with Gasteiger partial charge >= 0.3 is 0 Å². The molecule has 0 fully saturated rings. The first-order valence-electron chi connectivity index (χ1n) is 8.05. The van der Waals surface area contributed by atoms with E-state index in [0.29, 0.717) is 12.1 Å². The normalized spacial score (nSPS) is 14.4. The van der Waals surface area contributed by atoms with Gasteiger partial charge in [-0.2, -0.15) is 5.26 Å². The fourth-order valence-electron chi connectivity index (χ4n) is 3.06. The Morgan fingerprint density at radius 1 is 1.19 bits per heavy atom. The molecule has 3 heteroatoms. The van der Waals surface area contributed by atoms with Crippen LogP contribution < -0.4 is 0 Å². The molecule has 3 nitrogen and oxygen atoms in total. The predicted octanol–water partition coefficient (Wildman–Crippen LogP) is 4.15. The molecule has 0 aliphatic carbocycles. The summed E-state index contributed by atoms with van der Waals surface area (Å²) in [6.07, 6.45) is 4.49. The van der Waals surface area contributed by atoms with Gasteiger partial charge in [0, 0.05) is 24.8 Å². The monoisotopic (exact) mass is 287 g/mol. The van der Waals surface area contributed by atoms with Crippen molar-refractivity contribution in [2.75, 3.05) is 6.54 Å². The fourth-order valence-corrected chi connectivity index (χ4v) is 3.06. The fraction of sp³-hybridized carbons (Fsp3) is 0.667. The zero-order valence-electron chi connectivity index (χ0n) is 14.1.